The number of hydrogen-bond acceptors (Lipinski definition) is 4. The number of hydrogen-bond donors (Lipinski definition) is 2. The van der Waals surface area contributed by atoms with Gasteiger partial charge in [0, 0.05) is 25.8 Å². The average Bonchev–Trinajstić information content (AvgIpc) is 2.92. The number of pyridine rings is 1. The van der Waals surface area contributed by atoms with Crippen LogP contribution in [0.2, 0.25) is 0 Å². The van der Waals surface area contributed by atoms with Crippen molar-refractivity contribution >= 4 is 5.82 Å². The maximum absolute atomic E-state index is 9.19. The lowest BCUT2D eigenvalue weighted by molar-refractivity contribution is 0.764. The van der Waals surface area contributed by atoms with Crippen molar-refractivity contribution in [3.63, 3.8) is 0 Å². The second kappa shape index (κ2) is 5.32. The zero-order valence-corrected chi connectivity index (χ0v) is 11.4. The summed E-state index contributed by atoms with van der Waals surface area (Å²) in [5.41, 5.74) is 5.51. The third kappa shape index (κ3) is 2.36. The van der Waals surface area contributed by atoms with Crippen molar-refractivity contribution in [2.24, 2.45) is 0 Å². The Kier molecular flexibility index (Phi) is 3.36. The Labute approximate surface area is 118 Å². The lowest BCUT2D eigenvalue weighted by Crippen LogP contribution is -2.05. The van der Waals surface area contributed by atoms with Crippen molar-refractivity contribution in [1.82, 2.24) is 10.3 Å². The molecular weight excluding hydrogens is 248 g/mol. The largest absolute Gasteiger partial charge is 0.365 e. The van der Waals surface area contributed by atoms with E-state index in [9.17, 15) is 5.26 Å². The van der Waals surface area contributed by atoms with E-state index in [0.29, 0.717) is 17.9 Å². The van der Waals surface area contributed by atoms with Crippen molar-refractivity contribution in [3.8, 4) is 6.07 Å². The van der Waals surface area contributed by atoms with E-state index in [4.69, 9.17) is 0 Å². The third-order valence-electron chi connectivity index (χ3n) is 3.63. The standard InChI is InChI=1S/C16H16N4/c1-11-4-5-19-16(15(11)7-17)20-8-12-2-3-13-9-18-10-14(13)6-12/h2-6,18H,8-10H2,1H3,(H,19,20). The van der Waals surface area contributed by atoms with Gasteiger partial charge in [0.2, 0.25) is 0 Å². The van der Waals surface area contributed by atoms with Gasteiger partial charge in [0.25, 0.3) is 0 Å². The second-order valence-corrected chi connectivity index (χ2v) is 5.02. The molecule has 4 heteroatoms. The molecule has 0 fully saturated rings. The number of fused-ring (bicyclic) bond motifs is 1. The molecule has 0 amide bonds. The van der Waals surface area contributed by atoms with Gasteiger partial charge >= 0.3 is 0 Å². The molecule has 1 aliphatic heterocycles. The van der Waals surface area contributed by atoms with Crippen LogP contribution >= 0.6 is 0 Å². The van der Waals surface area contributed by atoms with Gasteiger partial charge in [-0.05, 0) is 35.2 Å². The second-order valence-electron chi connectivity index (χ2n) is 5.02. The number of nitrogens with zero attached hydrogens (tertiary/aromatic N) is 2. The third-order valence-corrected chi connectivity index (χ3v) is 3.63. The molecule has 1 aromatic heterocycles. The summed E-state index contributed by atoms with van der Waals surface area (Å²) in [6.45, 7) is 4.50. The molecule has 2 heterocycles. The number of aromatic nitrogens is 1. The van der Waals surface area contributed by atoms with Gasteiger partial charge in [0.1, 0.15) is 11.9 Å². The number of benzene rings is 1. The Morgan fingerprint density at radius 2 is 2.15 bits per heavy atom. The summed E-state index contributed by atoms with van der Waals surface area (Å²) < 4.78 is 0. The highest BCUT2D eigenvalue weighted by Crippen LogP contribution is 2.19. The summed E-state index contributed by atoms with van der Waals surface area (Å²) in [7, 11) is 0. The van der Waals surface area contributed by atoms with Crippen LogP contribution in [0.1, 0.15) is 27.8 Å². The summed E-state index contributed by atoms with van der Waals surface area (Å²) in [4.78, 5) is 4.25. The van der Waals surface area contributed by atoms with Crippen molar-refractivity contribution in [3.05, 3.63) is 58.3 Å². The molecule has 0 aliphatic carbocycles. The normalized spacial score (nSPS) is 12.8. The van der Waals surface area contributed by atoms with E-state index >= 15 is 0 Å². The molecule has 0 radical (unpaired) electrons. The van der Waals surface area contributed by atoms with E-state index < -0.39 is 0 Å². The monoisotopic (exact) mass is 264 g/mol. The minimum absolute atomic E-state index is 0.621. The molecule has 20 heavy (non-hydrogen) atoms. The molecule has 100 valence electrons. The zero-order valence-electron chi connectivity index (χ0n) is 11.4. The van der Waals surface area contributed by atoms with Gasteiger partial charge in [-0.3, -0.25) is 0 Å². The number of nitrogens with one attached hydrogen (secondary N) is 2. The highest BCUT2D eigenvalue weighted by molar-refractivity contribution is 5.55. The van der Waals surface area contributed by atoms with E-state index in [1.54, 1.807) is 6.20 Å². The number of aryl methyl sites for hydroxylation is 1. The molecular formula is C16H16N4. The van der Waals surface area contributed by atoms with Crippen LogP contribution < -0.4 is 10.6 Å². The fraction of sp³-hybridized carbons (Fsp3) is 0.250. The molecule has 3 rings (SSSR count). The predicted molar refractivity (Wildman–Crippen MR) is 78.0 cm³/mol. The summed E-state index contributed by atoms with van der Waals surface area (Å²) >= 11 is 0. The molecule has 0 saturated heterocycles. The van der Waals surface area contributed by atoms with Crippen LogP contribution in [0.3, 0.4) is 0 Å². The van der Waals surface area contributed by atoms with Crippen molar-refractivity contribution in [1.29, 1.82) is 5.26 Å². The van der Waals surface area contributed by atoms with E-state index in [1.165, 1.54) is 16.7 Å². The Hall–Kier alpha value is -2.38. The predicted octanol–water partition coefficient (Wildman–Crippen LogP) is 2.48. The minimum atomic E-state index is 0.621. The van der Waals surface area contributed by atoms with Crippen LogP contribution in [0, 0.1) is 18.3 Å². The van der Waals surface area contributed by atoms with Gasteiger partial charge < -0.3 is 10.6 Å². The van der Waals surface area contributed by atoms with Crippen molar-refractivity contribution < 1.29 is 0 Å². The van der Waals surface area contributed by atoms with E-state index in [-0.39, 0.29) is 0 Å². The maximum atomic E-state index is 9.19. The summed E-state index contributed by atoms with van der Waals surface area (Å²) in [6.07, 6.45) is 1.73. The average molecular weight is 264 g/mol. The van der Waals surface area contributed by atoms with Gasteiger partial charge in [-0.25, -0.2) is 4.98 Å². The Morgan fingerprint density at radius 1 is 1.30 bits per heavy atom. The molecule has 4 nitrogen and oxygen atoms in total. The SMILES string of the molecule is Cc1ccnc(NCc2ccc3c(c2)CNC3)c1C#N. The number of rotatable bonds is 3. The molecule has 1 aliphatic rings. The first-order valence-electron chi connectivity index (χ1n) is 6.69. The fourth-order valence-corrected chi connectivity index (χ4v) is 2.48. The first-order valence-corrected chi connectivity index (χ1v) is 6.69. The minimum Gasteiger partial charge on any atom is -0.365 e. The van der Waals surface area contributed by atoms with Gasteiger partial charge in [0.15, 0.2) is 0 Å². The molecule has 2 aromatic rings. The first-order chi connectivity index (χ1) is 9.78. The van der Waals surface area contributed by atoms with Crippen LogP contribution in [0.25, 0.3) is 0 Å². The topological polar surface area (TPSA) is 60.7 Å². The molecule has 0 spiro atoms. The molecule has 1 aromatic carbocycles. The highest BCUT2D eigenvalue weighted by Gasteiger charge is 2.10. The Balaban J connectivity index is 1.77. The number of anilines is 1. The summed E-state index contributed by atoms with van der Waals surface area (Å²) in [5, 5.41) is 15.8. The summed E-state index contributed by atoms with van der Waals surface area (Å²) in [5.74, 6) is 0.658. The van der Waals surface area contributed by atoms with Crippen LogP contribution in [-0.2, 0) is 19.6 Å². The molecule has 0 saturated carbocycles. The molecule has 0 atom stereocenters. The molecule has 2 N–H and O–H groups in total. The maximum Gasteiger partial charge on any atom is 0.144 e. The van der Waals surface area contributed by atoms with Gasteiger partial charge in [-0.2, -0.15) is 5.26 Å². The van der Waals surface area contributed by atoms with Crippen LogP contribution in [-0.4, -0.2) is 4.98 Å². The zero-order chi connectivity index (χ0) is 13.9. The molecule has 0 bridgehead atoms. The smallest absolute Gasteiger partial charge is 0.144 e. The van der Waals surface area contributed by atoms with Crippen LogP contribution in [0.5, 0.6) is 0 Å². The lowest BCUT2D eigenvalue weighted by atomic mass is 10.1. The van der Waals surface area contributed by atoms with Crippen molar-refractivity contribution in [2.75, 3.05) is 5.32 Å². The first kappa shape index (κ1) is 12.6. The highest BCUT2D eigenvalue weighted by atomic mass is 15.0. The van der Waals surface area contributed by atoms with E-state index in [2.05, 4.69) is 39.9 Å². The van der Waals surface area contributed by atoms with E-state index in [1.807, 2.05) is 13.0 Å². The fourth-order valence-electron chi connectivity index (χ4n) is 2.48. The van der Waals surface area contributed by atoms with E-state index in [0.717, 1.165) is 18.7 Å². The van der Waals surface area contributed by atoms with Gasteiger partial charge in [-0.15, -0.1) is 0 Å². The van der Waals surface area contributed by atoms with Crippen LogP contribution in [0.4, 0.5) is 5.82 Å². The lowest BCUT2D eigenvalue weighted by Gasteiger charge is -2.09. The van der Waals surface area contributed by atoms with Gasteiger partial charge in [-0.1, -0.05) is 18.2 Å². The van der Waals surface area contributed by atoms with Gasteiger partial charge in [0.05, 0.1) is 5.56 Å². The number of nitriles is 1. The summed E-state index contributed by atoms with van der Waals surface area (Å²) in [6, 6.07) is 10.6. The Morgan fingerprint density at radius 3 is 3.00 bits per heavy atom. The Bertz CT molecular complexity index is 685. The van der Waals surface area contributed by atoms with Crippen LogP contribution in [0.15, 0.2) is 30.5 Å². The van der Waals surface area contributed by atoms with Crippen molar-refractivity contribution in [2.45, 2.75) is 26.6 Å². The molecule has 0 unspecified atom stereocenters. The quantitative estimate of drug-likeness (QED) is 0.894.